The highest BCUT2D eigenvalue weighted by Crippen LogP contribution is 2.27. The Morgan fingerprint density at radius 2 is 2.20 bits per heavy atom. The van der Waals surface area contributed by atoms with Gasteiger partial charge in [-0.05, 0) is 18.1 Å². The molecule has 0 spiro atoms. The topological polar surface area (TPSA) is 96.5 Å². The third kappa shape index (κ3) is 3.98. The molecule has 25 heavy (non-hydrogen) atoms. The predicted molar refractivity (Wildman–Crippen MR) is 98.8 cm³/mol. The summed E-state index contributed by atoms with van der Waals surface area (Å²) in [7, 11) is 0. The summed E-state index contributed by atoms with van der Waals surface area (Å²) < 4.78 is 8.40. The highest BCUT2D eigenvalue weighted by molar-refractivity contribution is 7.99. The fourth-order valence-corrected chi connectivity index (χ4v) is 4.31. The molecule has 2 N–H and O–H groups in total. The summed E-state index contributed by atoms with van der Waals surface area (Å²) in [5.74, 6) is 1.80. The average molecular weight is 374 g/mol. The second-order valence-electron chi connectivity index (χ2n) is 6.19. The molecule has 2 heterocycles. The Hall–Kier alpha value is -2.00. The van der Waals surface area contributed by atoms with E-state index in [2.05, 4.69) is 29.2 Å². The molecule has 0 atom stereocenters. The first-order valence-corrected chi connectivity index (χ1v) is 10.0. The van der Waals surface area contributed by atoms with Crippen LogP contribution in [0.15, 0.2) is 23.4 Å². The first kappa shape index (κ1) is 16.5. The van der Waals surface area contributed by atoms with Crippen molar-refractivity contribution in [2.45, 2.75) is 37.3 Å². The molecule has 4 rings (SSSR count). The van der Waals surface area contributed by atoms with E-state index in [1.165, 1.54) is 37.4 Å². The van der Waals surface area contributed by atoms with E-state index in [-0.39, 0.29) is 11.7 Å². The molecule has 0 radical (unpaired) electrons. The summed E-state index contributed by atoms with van der Waals surface area (Å²) in [5.41, 5.74) is 2.21. The maximum atomic E-state index is 12.2. The van der Waals surface area contributed by atoms with E-state index in [1.807, 2.05) is 18.2 Å². The Labute approximate surface area is 153 Å². The van der Waals surface area contributed by atoms with Gasteiger partial charge in [0.1, 0.15) is 16.9 Å². The average Bonchev–Trinajstić information content (AvgIpc) is 3.35. The summed E-state index contributed by atoms with van der Waals surface area (Å²) in [5, 5.41) is 10.7. The molecular weight excluding hydrogens is 356 g/mol. The maximum absolute atomic E-state index is 12.2. The van der Waals surface area contributed by atoms with Crippen molar-refractivity contribution in [3.05, 3.63) is 24.0 Å². The Balaban J connectivity index is 1.31. The SMILES string of the molecule is O=C(CSc1n[nH]c(CC2CCCC2)n1)Nc1cccc2nsnc12. The Morgan fingerprint density at radius 3 is 3.08 bits per heavy atom. The van der Waals surface area contributed by atoms with Crippen molar-refractivity contribution in [1.29, 1.82) is 0 Å². The molecule has 1 amide bonds. The number of amides is 1. The van der Waals surface area contributed by atoms with Gasteiger partial charge in [-0.2, -0.15) is 8.75 Å². The number of nitrogens with one attached hydrogen (secondary N) is 2. The van der Waals surface area contributed by atoms with Gasteiger partial charge in [0.2, 0.25) is 11.1 Å². The fraction of sp³-hybridized carbons (Fsp3) is 0.438. The molecule has 1 saturated carbocycles. The molecule has 0 aliphatic heterocycles. The minimum absolute atomic E-state index is 0.104. The van der Waals surface area contributed by atoms with Gasteiger partial charge < -0.3 is 5.32 Å². The molecule has 0 saturated heterocycles. The number of H-pyrrole nitrogens is 1. The third-order valence-corrected chi connectivity index (χ3v) is 5.75. The Kier molecular flexibility index (Phi) is 4.93. The Morgan fingerprint density at radius 1 is 1.32 bits per heavy atom. The normalized spacial score (nSPS) is 15.0. The zero-order valence-electron chi connectivity index (χ0n) is 13.6. The highest BCUT2D eigenvalue weighted by Gasteiger charge is 2.17. The fourth-order valence-electron chi connectivity index (χ4n) is 3.14. The molecule has 1 fully saturated rings. The lowest BCUT2D eigenvalue weighted by atomic mass is 10.0. The van der Waals surface area contributed by atoms with Crippen LogP contribution in [0.2, 0.25) is 0 Å². The van der Waals surface area contributed by atoms with Gasteiger partial charge in [0, 0.05) is 6.42 Å². The number of nitrogens with zero attached hydrogens (tertiary/aromatic N) is 4. The van der Waals surface area contributed by atoms with Gasteiger partial charge in [-0.3, -0.25) is 9.89 Å². The first-order chi connectivity index (χ1) is 12.3. The third-order valence-electron chi connectivity index (χ3n) is 4.36. The summed E-state index contributed by atoms with van der Waals surface area (Å²) >= 11 is 2.47. The van der Waals surface area contributed by atoms with Gasteiger partial charge in [0.25, 0.3) is 0 Å². The van der Waals surface area contributed by atoms with E-state index in [4.69, 9.17) is 0 Å². The van der Waals surface area contributed by atoms with Gasteiger partial charge in [-0.1, -0.05) is 43.5 Å². The van der Waals surface area contributed by atoms with Gasteiger partial charge in [0.15, 0.2) is 0 Å². The van der Waals surface area contributed by atoms with Crippen molar-refractivity contribution in [1.82, 2.24) is 23.9 Å². The standard InChI is InChI=1S/C16H18N6OS2/c23-14(17-11-6-3-7-12-15(11)22-25-21-12)9-24-16-18-13(19-20-16)8-10-4-1-2-5-10/h3,6-7,10H,1-2,4-5,8-9H2,(H,17,23)(H,18,19,20). The molecular formula is C16H18N6OS2. The van der Waals surface area contributed by atoms with Gasteiger partial charge in [-0.25, -0.2) is 4.98 Å². The number of anilines is 1. The second kappa shape index (κ2) is 7.49. The second-order valence-corrected chi connectivity index (χ2v) is 7.66. The summed E-state index contributed by atoms with van der Waals surface area (Å²) in [6, 6.07) is 5.57. The van der Waals surface area contributed by atoms with Crippen molar-refractivity contribution in [2.24, 2.45) is 5.92 Å². The molecule has 2 aromatic heterocycles. The Bertz CT molecular complexity index is 870. The first-order valence-electron chi connectivity index (χ1n) is 8.33. The van der Waals surface area contributed by atoms with Crippen molar-refractivity contribution in [3.63, 3.8) is 0 Å². The van der Waals surface area contributed by atoms with E-state index in [1.54, 1.807) is 0 Å². The van der Waals surface area contributed by atoms with E-state index >= 15 is 0 Å². The molecule has 1 aliphatic carbocycles. The van der Waals surface area contributed by atoms with Crippen LogP contribution in [-0.4, -0.2) is 35.6 Å². The monoisotopic (exact) mass is 374 g/mol. The molecule has 3 aromatic rings. The molecule has 130 valence electrons. The number of carbonyl (C=O) groups is 1. The zero-order valence-corrected chi connectivity index (χ0v) is 15.2. The highest BCUT2D eigenvalue weighted by atomic mass is 32.2. The van der Waals surface area contributed by atoms with E-state index < -0.39 is 0 Å². The van der Waals surface area contributed by atoms with Crippen LogP contribution in [0.5, 0.6) is 0 Å². The van der Waals surface area contributed by atoms with Crippen LogP contribution in [0.1, 0.15) is 31.5 Å². The lowest BCUT2D eigenvalue weighted by molar-refractivity contribution is -0.113. The quantitative estimate of drug-likeness (QED) is 0.643. The minimum Gasteiger partial charge on any atom is -0.323 e. The number of aromatic amines is 1. The number of thioether (sulfide) groups is 1. The van der Waals surface area contributed by atoms with Crippen molar-refractivity contribution in [2.75, 3.05) is 11.1 Å². The minimum atomic E-state index is -0.104. The number of fused-ring (bicyclic) bond motifs is 1. The summed E-state index contributed by atoms with van der Waals surface area (Å²) in [4.78, 5) is 16.7. The smallest absolute Gasteiger partial charge is 0.234 e. The van der Waals surface area contributed by atoms with Gasteiger partial charge >= 0.3 is 0 Å². The molecule has 7 nitrogen and oxygen atoms in total. The van der Waals surface area contributed by atoms with E-state index in [0.29, 0.717) is 10.8 Å². The predicted octanol–water partition coefficient (Wildman–Crippen LogP) is 3.27. The van der Waals surface area contributed by atoms with Crippen LogP contribution < -0.4 is 5.32 Å². The van der Waals surface area contributed by atoms with Crippen molar-refractivity contribution >= 4 is 46.1 Å². The zero-order chi connectivity index (χ0) is 17.1. The lowest BCUT2D eigenvalue weighted by Gasteiger charge is -2.04. The number of benzene rings is 1. The van der Waals surface area contributed by atoms with Gasteiger partial charge in [0.05, 0.1) is 23.2 Å². The number of aromatic nitrogens is 5. The summed E-state index contributed by atoms with van der Waals surface area (Å²) in [6.45, 7) is 0. The number of hydrogen-bond acceptors (Lipinski definition) is 7. The molecule has 1 aromatic carbocycles. The maximum Gasteiger partial charge on any atom is 0.234 e. The van der Waals surface area contributed by atoms with Crippen LogP contribution in [0.4, 0.5) is 5.69 Å². The van der Waals surface area contributed by atoms with Crippen LogP contribution in [0, 0.1) is 5.92 Å². The van der Waals surface area contributed by atoms with Crippen molar-refractivity contribution in [3.8, 4) is 0 Å². The van der Waals surface area contributed by atoms with Crippen LogP contribution in [0.25, 0.3) is 11.0 Å². The molecule has 0 bridgehead atoms. The van der Waals surface area contributed by atoms with Gasteiger partial charge in [-0.15, -0.1) is 5.10 Å². The molecule has 1 aliphatic rings. The molecule has 9 heteroatoms. The number of rotatable bonds is 6. The lowest BCUT2D eigenvalue weighted by Crippen LogP contribution is -2.14. The molecule has 0 unspecified atom stereocenters. The van der Waals surface area contributed by atoms with Crippen LogP contribution >= 0.6 is 23.5 Å². The van der Waals surface area contributed by atoms with Crippen LogP contribution in [-0.2, 0) is 11.2 Å². The summed E-state index contributed by atoms with van der Waals surface area (Å²) in [6.07, 6.45) is 6.16. The number of hydrogen-bond donors (Lipinski definition) is 2. The number of carbonyl (C=O) groups excluding carboxylic acids is 1. The van der Waals surface area contributed by atoms with Crippen LogP contribution in [0.3, 0.4) is 0 Å². The van der Waals surface area contributed by atoms with Crippen molar-refractivity contribution < 1.29 is 4.79 Å². The largest absolute Gasteiger partial charge is 0.323 e. The van der Waals surface area contributed by atoms with E-state index in [9.17, 15) is 4.79 Å². The van der Waals surface area contributed by atoms with E-state index in [0.717, 1.165) is 40.9 Å².